The minimum absolute atomic E-state index is 0.0224. The molecule has 1 aliphatic heterocycles. The van der Waals surface area contributed by atoms with Crippen LogP contribution in [0.5, 0.6) is 0 Å². The molecular weight excluding hydrogens is 440 g/mol. The Hall–Kier alpha value is -5.09. The minimum atomic E-state index is -1.25. The molecule has 1 atom stereocenters. The standard InChI is InChI=1S/C16H16N12O5/c17-11-10(13(30)24-15(18)23-11)22-16(33)20-6-1-2-7(19-5-6)12(29)21-8(14(31)32)3-4-9-25-27-28-26-9/h1-2,5,8H,3-4H2,(H,20,33)(H,21,29)(H,31,32)(H,25,26,27,28)(H4,17,18,23,24,30)/b22-10-/t8-/m0/s1. The number of hydrogen-bond donors (Lipinski definition) is 7. The fourth-order valence-electron chi connectivity index (χ4n) is 2.50. The number of carboxylic acids is 1. The summed E-state index contributed by atoms with van der Waals surface area (Å²) in [6.07, 6.45) is 1.33. The number of aromatic nitrogens is 5. The summed E-state index contributed by atoms with van der Waals surface area (Å²) in [4.78, 5) is 58.4. The third-order valence-electron chi connectivity index (χ3n) is 4.03. The molecule has 4 amide bonds. The number of anilines is 1. The molecule has 0 spiro atoms. The van der Waals surface area contributed by atoms with Gasteiger partial charge in [0.05, 0.1) is 11.9 Å². The van der Waals surface area contributed by atoms with Gasteiger partial charge in [-0.1, -0.05) is 5.21 Å². The number of urea groups is 1. The van der Waals surface area contributed by atoms with Crippen LogP contribution in [0.1, 0.15) is 22.7 Å². The van der Waals surface area contributed by atoms with E-state index in [1.165, 1.54) is 12.1 Å². The van der Waals surface area contributed by atoms with Gasteiger partial charge in [-0.25, -0.2) is 14.6 Å². The molecule has 0 radical (unpaired) electrons. The molecule has 3 heterocycles. The molecule has 17 nitrogen and oxygen atoms in total. The number of aliphatic imine (C=N–C) groups is 2. The number of pyridine rings is 1. The number of rotatable bonds is 7. The van der Waals surface area contributed by atoms with Crippen LogP contribution in [-0.2, 0) is 16.0 Å². The molecule has 17 heteroatoms. The highest BCUT2D eigenvalue weighted by atomic mass is 16.4. The Labute approximate surface area is 183 Å². The number of aliphatic carboxylic acids is 1. The zero-order chi connectivity index (χ0) is 24.0. The number of aryl methyl sites for hydroxylation is 1. The van der Waals surface area contributed by atoms with E-state index in [9.17, 15) is 24.3 Å². The predicted molar refractivity (Wildman–Crippen MR) is 110 cm³/mol. The van der Waals surface area contributed by atoms with Crippen molar-refractivity contribution in [2.24, 2.45) is 15.7 Å². The quantitative estimate of drug-likeness (QED) is 0.236. The summed E-state index contributed by atoms with van der Waals surface area (Å²) in [5.41, 5.74) is 5.05. The normalized spacial score (nSPS) is 15.4. The molecule has 0 saturated carbocycles. The number of amidine groups is 1. The van der Waals surface area contributed by atoms with Crippen LogP contribution in [0, 0.1) is 5.41 Å². The molecule has 1 aliphatic rings. The molecule has 0 fully saturated rings. The molecule has 2 aromatic rings. The van der Waals surface area contributed by atoms with Crippen molar-refractivity contribution in [2.45, 2.75) is 18.9 Å². The second-order valence-corrected chi connectivity index (χ2v) is 6.35. The second-order valence-electron chi connectivity index (χ2n) is 6.35. The lowest BCUT2D eigenvalue weighted by Gasteiger charge is -2.13. The van der Waals surface area contributed by atoms with E-state index in [0.29, 0.717) is 5.82 Å². The Morgan fingerprint density at radius 3 is 2.70 bits per heavy atom. The Morgan fingerprint density at radius 1 is 1.30 bits per heavy atom. The molecule has 33 heavy (non-hydrogen) atoms. The summed E-state index contributed by atoms with van der Waals surface area (Å²) in [5.74, 6) is -3.43. The fourth-order valence-corrected chi connectivity index (χ4v) is 2.50. The minimum Gasteiger partial charge on any atom is -0.480 e. The maximum Gasteiger partial charge on any atom is 0.346 e. The van der Waals surface area contributed by atoms with Crippen LogP contribution in [-0.4, -0.2) is 78.1 Å². The number of H-pyrrole nitrogens is 1. The first-order chi connectivity index (χ1) is 15.7. The van der Waals surface area contributed by atoms with Gasteiger partial charge >= 0.3 is 12.0 Å². The van der Waals surface area contributed by atoms with Crippen LogP contribution >= 0.6 is 0 Å². The van der Waals surface area contributed by atoms with E-state index in [1.807, 2.05) is 5.32 Å². The number of amides is 4. The molecule has 0 aromatic carbocycles. The molecule has 2 aromatic heterocycles. The molecule has 0 bridgehead atoms. The zero-order valence-electron chi connectivity index (χ0n) is 16.6. The lowest BCUT2D eigenvalue weighted by Crippen LogP contribution is -2.47. The van der Waals surface area contributed by atoms with Gasteiger partial charge in [0.1, 0.15) is 11.7 Å². The number of nitrogens with one attached hydrogen (secondary N) is 5. The predicted octanol–water partition coefficient (Wildman–Crippen LogP) is -2.19. The summed E-state index contributed by atoms with van der Waals surface area (Å²) in [7, 11) is 0. The smallest absolute Gasteiger partial charge is 0.346 e. The highest BCUT2D eigenvalue weighted by Gasteiger charge is 2.24. The highest BCUT2D eigenvalue weighted by molar-refractivity contribution is 6.69. The number of guanidine groups is 1. The van der Waals surface area contributed by atoms with Crippen molar-refractivity contribution in [1.82, 2.24) is 36.2 Å². The van der Waals surface area contributed by atoms with E-state index in [0.717, 1.165) is 6.20 Å². The topological polar surface area (TPSA) is 267 Å². The van der Waals surface area contributed by atoms with E-state index in [2.05, 4.69) is 46.2 Å². The maximum atomic E-state index is 12.3. The van der Waals surface area contributed by atoms with Gasteiger partial charge in [-0.2, -0.15) is 15.2 Å². The van der Waals surface area contributed by atoms with E-state index in [4.69, 9.17) is 11.1 Å². The first-order valence-electron chi connectivity index (χ1n) is 9.09. The number of nitrogens with zero attached hydrogens (tertiary/aromatic N) is 6. The average molecular weight is 456 g/mol. The van der Waals surface area contributed by atoms with Crippen molar-refractivity contribution in [3.8, 4) is 0 Å². The molecule has 8 N–H and O–H groups in total. The van der Waals surface area contributed by atoms with Gasteiger partial charge in [-0.05, 0) is 18.6 Å². The first-order valence-corrected chi connectivity index (χ1v) is 9.09. The van der Waals surface area contributed by atoms with Crippen LogP contribution in [0.3, 0.4) is 0 Å². The summed E-state index contributed by atoms with van der Waals surface area (Å²) >= 11 is 0. The number of carboxylic acid groups (broad SMARTS) is 1. The van der Waals surface area contributed by atoms with Gasteiger partial charge in [-0.3, -0.25) is 20.3 Å². The molecule has 3 rings (SSSR count). The van der Waals surface area contributed by atoms with Gasteiger partial charge in [0.15, 0.2) is 17.4 Å². The number of aromatic amines is 1. The fraction of sp³-hybridized carbons (Fsp3) is 0.188. The van der Waals surface area contributed by atoms with Gasteiger partial charge in [0, 0.05) is 6.42 Å². The summed E-state index contributed by atoms with van der Waals surface area (Å²) in [6, 6.07) is 0.380. The largest absolute Gasteiger partial charge is 0.480 e. The number of hydrogen-bond acceptors (Lipinski definition) is 10. The molecule has 0 aliphatic carbocycles. The molecule has 0 unspecified atom stereocenters. The van der Waals surface area contributed by atoms with Crippen LogP contribution in [0.2, 0.25) is 0 Å². The highest BCUT2D eigenvalue weighted by Crippen LogP contribution is 2.08. The molecule has 0 saturated heterocycles. The number of carbonyl (C=O) groups excluding carboxylic acids is 3. The van der Waals surface area contributed by atoms with Crippen LogP contribution in [0.25, 0.3) is 0 Å². The SMILES string of the molecule is N=C1N=C(N)/C(=N/C(=O)Nc2ccc(C(=O)N[C@@H](CCc3nn[nH]n3)C(=O)O)nc2)C(=O)N1. The van der Waals surface area contributed by atoms with Crippen molar-refractivity contribution >= 4 is 47.0 Å². The van der Waals surface area contributed by atoms with Crippen LogP contribution < -0.4 is 21.7 Å². The van der Waals surface area contributed by atoms with Crippen molar-refractivity contribution in [3.63, 3.8) is 0 Å². The molecular formula is C16H16N12O5. The number of tetrazole rings is 1. The van der Waals surface area contributed by atoms with Crippen molar-refractivity contribution < 1.29 is 24.3 Å². The van der Waals surface area contributed by atoms with Crippen molar-refractivity contribution in [3.05, 3.63) is 29.8 Å². The summed E-state index contributed by atoms with van der Waals surface area (Å²) < 4.78 is 0. The van der Waals surface area contributed by atoms with E-state index >= 15 is 0 Å². The average Bonchev–Trinajstić information content (AvgIpc) is 3.27. The molecule has 170 valence electrons. The maximum absolute atomic E-state index is 12.3. The lowest BCUT2D eigenvalue weighted by molar-refractivity contribution is -0.139. The number of carbonyl (C=O) groups is 4. The Morgan fingerprint density at radius 2 is 2.09 bits per heavy atom. The van der Waals surface area contributed by atoms with Gasteiger partial charge < -0.3 is 21.5 Å². The van der Waals surface area contributed by atoms with E-state index < -0.39 is 47.4 Å². The van der Waals surface area contributed by atoms with Crippen LogP contribution in [0.15, 0.2) is 28.3 Å². The van der Waals surface area contributed by atoms with Crippen LogP contribution in [0.4, 0.5) is 10.5 Å². The lowest BCUT2D eigenvalue weighted by atomic mass is 10.1. The van der Waals surface area contributed by atoms with Gasteiger partial charge in [0.2, 0.25) is 5.96 Å². The Kier molecular flexibility index (Phi) is 6.72. The summed E-state index contributed by atoms with van der Waals surface area (Å²) in [6.45, 7) is 0. The summed E-state index contributed by atoms with van der Waals surface area (Å²) in [5, 5.41) is 36.3. The monoisotopic (exact) mass is 456 g/mol. The third kappa shape index (κ3) is 5.96. The van der Waals surface area contributed by atoms with E-state index in [1.54, 1.807) is 0 Å². The Bertz CT molecular complexity index is 1160. The third-order valence-corrected chi connectivity index (χ3v) is 4.03. The van der Waals surface area contributed by atoms with Crippen molar-refractivity contribution in [1.29, 1.82) is 5.41 Å². The Balaban J connectivity index is 1.60. The van der Waals surface area contributed by atoms with Crippen molar-refractivity contribution in [2.75, 3.05) is 5.32 Å². The second kappa shape index (κ2) is 9.81. The van der Waals surface area contributed by atoms with Gasteiger partial charge in [0.25, 0.3) is 11.8 Å². The number of nitrogens with two attached hydrogens (primary N) is 1. The first kappa shape index (κ1) is 22.6. The van der Waals surface area contributed by atoms with E-state index in [-0.39, 0.29) is 24.2 Å². The van der Waals surface area contributed by atoms with Gasteiger partial charge in [-0.15, -0.1) is 10.2 Å². The zero-order valence-corrected chi connectivity index (χ0v) is 16.6.